The number of hydrogen-bond donors (Lipinski definition) is 0. The zero-order valence-corrected chi connectivity index (χ0v) is 16.6. The molecule has 1 heteroatoms. The largest absolute Gasteiger partial charge is 0.0883 e. The number of hydrogen-bond acceptors (Lipinski definition) is 0. The molecule has 2 aromatic rings. The van der Waals surface area contributed by atoms with E-state index >= 15 is 0 Å². The summed E-state index contributed by atoms with van der Waals surface area (Å²) in [6, 6.07) is 13.3. The molecule has 2 atom stereocenters. The highest BCUT2D eigenvalue weighted by Crippen LogP contribution is 2.38. The molecule has 0 heterocycles. The van der Waals surface area contributed by atoms with Gasteiger partial charge in [0.1, 0.15) is 0 Å². The summed E-state index contributed by atoms with van der Waals surface area (Å²) in [5, 5.41) is 0.835. The van der Waals surface area contributed by atoms with Gasteiger partial charge < -0.3 is 0 Å². The lowest BCUT2D eigenvalue weighted by Crippen LogP contribution is -2.20. The third kappa shape index (κ3) is 3.76. The monoisotopic (exact) mass is 364 g/mol. The second kappa shape index (κ2) is 8.01. The van der Waals surface area contributed by atoms with Crippen molar-refractivity contribution in [2.75, 3.05) is 0 Å². The molecule has 0 nitrogen and oxygen atoms in total. The maximum Gasteiger partial charge on any atom is 0.0406 e. The average molecular weight is 365 g/mol. The van der Waals surface area contributed by atoms with Gasteiger partial charge in [0.2, 0.25) is 0 Å². The smallest absolute Gasteiger partial charge is 0.0406 e. The SMILES string of the molecule is CCCC=CC1CCc2c(ccc3c2CCC(c2ccc(Cl)cc2)C3)C1. The Morgan fingerprint density at radius 2 is 1.62 bits per heavy atom. The highest BCUT2D eigenvalue weighted by Gasteiger charge is 2.26. The van der Waals surface area contributed by atoms with E-state index in [-0.39, 0.29) is 0 Å². The van der Waals surface area contributed by atoms with E-state index < -0.39 is 0 Å². The molecule has 0 aromatic heterocycles. The fourth-order valence-electron chi connectivity index (χ4n) is 4.83. The van der Waals surface area contributed by atoms with Crippen molar-refractivity contribution in [2.45, 2.75) is 64.2 Å². The fraction of sp³-hybridized carbons (Fsp3) is 0.440. The Kier molecular flexibility index (Phi) is 5.50. The lowest BCUT2D eigenvalue weighted by atomic mass is 9.74. The van der Waals surface area contributed by atoms with Crippen LogP contribution in [0.3, 0.4) is 0 Å². The molecular weight excluding hydrogens is 336 g/mol. The third-order valence-corrected chi connectivity index (χ3v) is 6.54. The van der Waals surface area contributed by atoms with Gasteiger partial charge in [-0.2, -0.15) is 0 Å². The summed E-state index contributed by atoms with van der Waals surface area (Å²) in [6.07, 6.45) is 14.9. The Hall–Kier alpha value is -1.53. The molecule has 0 radical (unpaired) electrons. The van der Waals surface area contributed by atoms with Gasteiger partial charge >= 0.3 is 0 Å². The number of benzene rings is 2. The van der Waals surface area contributed by atoms with E-state index in [0.717, 1.165) is 10.9 Å². The van der Waals surface area contributed by atoms with Crippen LogP contribution in [-0.2, 0) is 25.7 Å². The first-order valence-electron chi connectivity index (χ1n) is 10.3. The first-order valence-corrected chi connectivity index (χ1v) is 10.7. The molecule has 0 bridgehead atoms. The highest BCUT2D eigenvalue weighted by atomic mass is 35.5. The van der Waals surface area contributed by atoms with Crippen molar-refractivity contribution in [3.63, 3.8) is 0 Å². The molecule has 4 rings (SSSR count). The van der Waals surface area contributed by atoms with Gasteiger partial charge in [-0.05, 0) is 96.7 Å². The van der Waals surface area contributed by atoms with Gasteiger partial charge in [0, 0.05) is 5.02 Å². The summed E-state index contributed by atoms with van der Waals surface area (Å²) >= 11 is 6.06. The zero-order valence-electron chi connectivity index (χ0n) is 15.8. The minimum absolute atomic E-state index is 0.645. The molecule has 0 spiro atoms. The number of unbranched alkanes of at least 4 members (excludes halogenated alkanes) is 1. The molecule has 0 saturated heterocycles. The minimum Gasteiger partial charge on any atom is -0.0883 e. The van der Waals surface area contributed by atoms with Crippen molar-refractivity contribution in [1.29, 1.82) is 0 Å². The van der Waals surface area contributed by atoms with E-state index in [4.69, 9.17) is 11.6 Å². The molecular formula is C25H29Cl. The van der Waals surface area contributed by atoms with E-state index in [1.807, 2.05) is 12.1 Å². The number of rotatable bonds is 4. The molecule has 2 unspecified atom stereocenters. The molecule has 0 saturated carbocycles. The van der Waals surface area contributed by atoms with Gasteiger partial charge in [-0.25, -0.2) is 0 Å². The van der Waals surface area contributed by atoms with Crippen LogP contribution in [0.5, 0.6) is 0 Å². The Labute approximate surface area is 163 Å². The lowest BCUT2D eigenvalue weighted by molar-refractivity contribution is 0.533. The summed E-state index contributed by atoms with van der Waals surface area (Å²) in [7, 11) is 0. The predicted molar refractivity (Wildman–Crippen MR) is 112 cm³/mol. The highest BCUT2D eigenvalue weighted by molar-refractivity contribution is 6.30. The van der Waals surface area contributed by atoms with Crippen LogP contribution in [0.1, 0.15) is 66.3 Å². The fourth-order valence-corrected chi connectivity index (χ4v) is 4.96. The van der Waals surface area contributed by atoms with Crippen LogP contribution in [0.15, 0.2) is 48.6 Å². The maximum atomic E-state index is 6.06. The van der Waals surface area contributed by atoms with Crippen molar-refractivity contribution in [1.82, 2.24) is 0 Å². The topological polar surface area (TPSA) is 0 Å². The van der Waals surface area contributed by atoms with E-state index in [0.29, 0.717) is 5.92 Å². The summed E-state index contributed by atoms with van der Waals surface area (Å²) in [5.74, 6) is 1.39. The number of allylic oxidation sites excluding steroid dienone is 2. The first-order chi connectivity index (χ1) is 12.7. The average Bonchev–Trinajstić information content (AvgIpc) is 2.68. The van der Waals surface area contributed by atoms with Gasteiger partial charge in [-0.3, -0.25) is 0 Å². The summed E-state index contributed by atoms with van der Waals surface area (Å²) in [5.41, 5.74) is 8.03. The van der Waals surface area contributed by atoms with E-state index in [9.17, 15) is 0 Å². The van der Waals surface area contributed by atoms with Crippen LogP contribution in [-0.4, -0.2) is 0 Å². The van der Waals surface area contributed by atoms with Crippen molar-refractivity contribution in [3.05, 3.63) is 81.4 Å². The molecule has 2 aliphatic carbocycles. The summed E-state index contributed by atoms with van der Waals surface area (Å²) in [4.78, 5) is 0. The Bertz CT molecular complexity index is 785. The van der Waals surface area contributed by atoms with Crippen molar-refractivity contribution in [3.8, 4) is 0 Å². The van der Waals surface area contributed by atoms with Gasteiger partial charge in [-0.1, -0.05) is 61.4 Å². The Morgan fingerprint density at radius 1 is 0.923 bits per heavy atom. The summed E-state index contributed by atoms with van der Waals surface area (Å²) < 4.78 is 0. The molecule has 26 heavy (non-hydrogen) atoms. The van der Waals surface area contributed by atoms with Crippen LogP contribution in [0.2, 0.25) is 5.02 Å². The second-order valence-electron chi connectivity index (χ2n) is 8.05. The predicted octanol–water partition coefficient (Wildman–Crippen LogP) is 7.07. The molecule has 0 N–H and O–H groups in total. The van der Waals surface area contributed by atoms with Crippen LogP contribution in [0, 0.1) is 5.92 Å². The number of fused-ring (bicyclic) bond motifs is 3. The van der Waals surface area contributed by atoms with Crippen LogP contribution >= 0.6 is 11.6 Å². The molecule has 0 fully saturated rings. The lowest BCUT2D eigenvalue weighted by Gasteiger charge is -2.31. The van der Waals surface area contributed by atoms with Gasteiger partial charge in [0.05, 0.1) is 0 Å². The third-order valence-electron chi connectivity index (χ3n) is 6.29. The van der Waals surface area contributed by atoms with Crippen molar-refractivity contribution < 1.29 is 0 Å². The summed E-state index contributed by atoms with van der Waals surface area (Å²) in [6.45, 7) is 2.25. The zero-order chi connectivity index (χ0) is 17.9. The van der Waals surface area contributed by atoms with Crippen LogP contribution in [0.25, 0.3) is 0 Å². The molecule has 0 amide bonds. The van der Waals surface area contributed by atoms with Crippen molar-refractivity contribution in [2.24, 2.45) is 5.92 Å². The van der Waals surface area contributed by atoms with E-state index in [1.54, 1.807) is 22.3 Å². The standard InChI is InChI=1S/C25H29Cl/c1-2-3-4-5-18-6-14-24-21(16-18)7-8-22-17-20(11-15-25(22)24)19-9-12-23(26)13-10-19/h4-5,7-10,12-13,18,20H,2-3,6,11,14-17H2,1H3. The first kappa shape index (κ1) is 17.9. The second-order valence-corrected chi connectivity index (χ2v) is 8.49. The maximum absolute atomic E-state index is 6.06. The Morgan fingerprint density at radius 3 is 2.35 bits per heavy atom. The molecule has 0 aliphatic heterocycles. The molecule has 136 valence electrons. The van der Waals surface area contributed by atoms with E-state index in [1.165, 1.54) is 56.9 Å². The number of halogens is 1. The van der Waals surface area contributed by atoms with Crippen molar-refractivity contribution >= 4 is 11.6 Å². The van der Waals surface area contributed by atoms with E-state index in [2.05, 4.69) is 43.3 Å². The molecule has 2 aliphatic rings. The Balaban J connectivity index is 1.51. The van der Waals surface area contributed by atoms with Crippen LogP contribution < -0.4 is 0 Å². The van der Waals surface area contributed by atoms with Crippen LogP contribution in [0.4, 0.5) is 0 Å². The van der Waals surface area contributed by atoms with Gasteiger partial charge in [-0.15, -0.1) is 0 Å². The molecule has 2 aromatic carbocycles. The quantitative estimate of drug-likeness (QED) is 0.508. The minimum atomic E-state index is 0.645. The normalized spacial score (nSPS) is 22.2. The van der Waals surface area contributed by atoms with Gasteiger partial charge in [0.15, 0.2) is 0 Å². The van der Waals surface area contributed by atoms with Gasteiger partial charge in [0.25, 0.3) is 0 Å².